The number of benzene rings is 2. The number of aliphatic carboxylic acids is 1. The molecule has 3 rings (SSSR count). The summed E-state index contributed by atoms with van der Waals surface area (Å²) in [5.41, 5.74) is -1.33. The first-order valence-corrected chi connectivity index (χ1v) is 9.07. The second-order valence-electron chi connectivity index (χ2n) is 6.60. The smallest absolute Gasteiger partial charge is 0.416 e. The fourth-order valence-electron chi connectivity index (χ4n) is 3.08. The molecule has 1 aromatic heterocycles. The zero-order valence-corrected chi connectivity index (χ0v) is 15.9. The van der Waals surface area contributed by atoms with Gasteiger partial charge < -0.3 is 10.4 Å². The van der Waals surface area contributed by atoms with E-state index < -0.39 is 41.9 Å². The number of halogens is 4. The molecule has 0 aliphatic carbocycles. The molecular weight excluding hydrogens is 416 g/mol. The van der Waals surface area contributed by atoms with Crippen molar-refractivity contribution in [2.24, 2.45) is 0 Å². The number of rotatable bonds is 6. The molecule has 5 nitrogen and oxygen atoms in total. The minimum Gasteiger partial charge on any atom is -0.481 e. The Kier molecular flexibility index (Phi) is 6.33. The first kappa shape index (κ1) is 21.9. The van der Waals surface area contributed by atoms with Gasteiger partial charge in [0.15, 0.2) is 0 Å². The molecule has 0 fully saturated rings. The van der Waals surface area contributed by atoms with Gasteiger partial charge in [0, 0.05) is 5.56 Å². The van der Waals surface area contributed by atoms with Gasteiger partial charge in [0.1, 0.15) is 11.5 Å². The molecule has 1 amide bonds. The van der Waals surface area contributed by atoms with Crippen LogP contribution in [0, 0.1) is 5.82 Å². The maximum Gasteiger partial charge on any atom is 0.416 e. The second kappa shape index (κ2) is 8.95. The number of alkyl halides is 3. The van der Waals surface area contributed by atoms with Crippen LogP contribution < -0.4 is 5.32 Å². The molecule has 1 heterocycles. The van der Waals surface area contributed by atoms with Crippen molar-refractivity contribution in [2.45, 2.75) is 18.6 Å². The van der Waals surface area contributed by atoms with Crippen molar-refractivity contribution in [3.63, 3.8) is 0 Å². The van der Waals surface area contributed by atoms with Gasteiger partial charge in [-0.05, 0) is 35.9 Å². The van der Waals surface area contributed by atoms with Crippen LogP contribution in [0.3, 0.4) is 0 Å². The molecule has 31 heavy (non-hydrogen) atoms. The Bertz CT molecular complexity index is 1120. The standard InChI is InChI=1S/C22H16F4N2O3/c23-16-9-4-2-7-14(16)17-10-5-11-18(27-17)21(31)28-19(12-20(29)30)13-6-1-3-8-15(13)22(24,25)26/h1-11,19H,12H2,(H,28,31)(H,29,30)/t19-/m0/s1. The van der Waals surface area contributed by atoms with Crippen molar-refractivity contribution in [1.82, 2.24) is 10.3 Å². The van der Waals surface area contributed by atoms with Gasteiger partial charge in [-0.25, -0.2) is 9.37 Å². The van der Waals surface area contributed by atoms with Gasteiger partial charge in [0.25, 0.3) is 5.91 Å². The summed E-state index contributed by atoms with van der Waals surface area (Å²) in [5.74, 6) is -2.84. The Balaban J connectivity index is 1.94. The van der Waals surface area contributed by atoms with Crippen molar-refractivity contribution in [2.75, 3.05) is 0 Å². The number of carbonyl (C=O) groups is 2. The SMILES string of the molecule is O=C(O)C[C@H](NC(=O)c1cccc(-c2ccccc2F)n1)c1ccccc1C(F)(F)F. The average molecular weight is 432 g/mol. The fraction of sp³-hybridized carbons (Fsp3) is 0.136. The van der Waals surface area contributed by atoms with E-state index in [4.69, 9.17) is 5.11 Å². The Morgan fingerprint density at radius 1 is 0.968 bits per heavy atom. The van der Waals surface area contributed by atoms with Crippen LogP contribution in [0.15, 0.2) is 66.7 Å². The van der Waals surface area contributed by atoms with Crippen molar-refractivity contribution in [3.8, 4) is 11.3 Å². The van der Waals surface area contributed by atoms with Crippen molar-refractivity contribution in [3.05, 3.63) is 89.4 Å². The van der Waals surface area contributed by atoms with Crippen LogP contribution in [0.1, 0.15) is 34.1 Å². The highest BCUT2D eigenvalue weighted by molar-refractivity contribution is 5.93. The molecule has 0 bridgehead atoms. The maximum absolute atomic E-state index is 14.0. The number of carboxylic acid groups (broad SMARTS) is 1. The highest BCUT2D eigenvalue weighted by atomic mass is 19.4. The molecule has 9 heteroatoms. The van der Waals surface area contributed by atoms with E-state index in [0.29, 0.717) is 0 Å². The third-order valence-electron chi connectivity index (χ3n) is 4.46. The van der Waals surface area contributed by atoms with E-state index in [0.717, 1.165) is 12.1 Å². The van der Waals surface area contributed by atoms with Crippen molar-refractivity contribution >= 4 is 11.9 Å². The number of hydrogen-bond acceptors (Lipinski definition) is 3. The third kappa shape index (κ3) is 5.25. The molecule has 0 spiro atoms. The quantitative estimate of drug-likeness (QED) is 0.546. The van der Waals surface area contributed by atoms with Crippen LogP contribution in [0.5, 0.6) is 0 Å². The molecule has 2 N–H and O–H groups in total. The number of hydrogen-bond donors (Lipinski definition) is 2. The topological polar surface area (TPSA) is 79.3 Å². The van der Waals surface area contributed by atoms with Crippen molar-refractivity contribution in [1.29, 1.82) is 0 Å². The number of nitrogens with one attached hydrogen (secondary N) is 1. The van der Waals surface area contributed by atoms with Crippen LogP contribution in [0.4, 0.5) is 17.6 Å². The van der Waals surface area contributed by atoms with E-state index in [1.54, 1.807) is 6.07 Å². The third-order valence-corrected chi connectivity index (χ3v) is 4.46. The van der Waals surface area contributed by atoms with Crippen LogP contribution >= 0.6 is 0 Å². The summed E-state index contributed by atoms with van der Waals surface area (Å²) in [6, 6.07) is 12.9. The monoisotopic (exact) mass is 432 g/mol. The Labute approximate surface area is 174 Å². The highest BCUT2D eigenvalue weighted by Crippen LogP contribution is 2.35. The van der Waals surface area contributed by atoms with E-state index in [1.165, 1.54) is 48.5 Å². The van der Waals surface area contributed by atoms with Gasteiger partial charge >= 0.3 is 12.1 Å². The van der Waals surface area contributed by atoms with Gasteiger partial charge in [0.05, 0.1) is 23.7 Å². The Morgan fingerprint density at radius 3 is 2.32 bits per heavy atom. The molecule has 2 aromatic carbocycles. The van der Waals surface area contributed by atoms with E-state index in [-0.39, 0.29) is 22.5 Å². The molecule has 3 aromatic rings. The summed E-state index contributed by atoms with van der Waals surface area (Å²) in [6.45, 7) is 0. The van der Waals surface area contributed by atoms with E-state index >= 15 is 0 Å². The lowest BCUT2D eigenvalue weighted by atomic mass is 9.97. The predicted octanol–water partition coefficient (Wildman–Crippen LogP) is 4.85. The van der Waals surface area contributed by atoms with E-state index in [2.05, 4.69) is 10.3 Å². The number of amides is 1. The number of nitrogens with zero attached hydrogens (tertiary/aromatic N) is 1. The number of aromatic nitrogens is 1. The van der Waals surface area contributed by atoms with Crippen molar-refractivity contribution < 1.29 is 32.3 Å². The largest absolute Gasteiger partial charge is 0.481 e. The molecule has 0 aliphatic rings. The fourth-order valence-corrected chi connectivity index (χ4v) is 3.08. The summed E-state index contributed by atoms with van der Waals surface area (Å²) < 4.78 is 54.2. The summed E-state index contributed by atoms with van der Waals surface area (Å²) >= 11 is 0. The van der Waals surface area contributed by atoms with Gasteiger partial charge in [-0.3, -0.25) is 9.59 Å². The molecule has 0 radical (unpaired) electrons. The zero-order chi connectivity index (χ0) is 22.6. The molecular formula is C22H16F4N2O3. The summed E-state index contributed by atoms with van der Waals surface area (Å²) in [6.07, 6.45) is -5.51. The molecule has 0 aliphatic heterocycles. The lowest BCUT2D eigenvalue weighted by molar-refractivity contribution is -0.140. The van der Waals surface area contributed by atoms with Gasteiger partial charge in [0.2, 0.25) is 0 Å². The first-order chi connectivity index (χ1) is 14.7. The molecule has 0 saturated carbocycles. The summed E-state index contributed by atoms with van der Waals surface area (Å²) in [4.78, 5) is 28.0. The van der Waals surface area contributed by atoms with E-state index in [1.807, 2.05) is 0 Å². The maximum atomic E-state index is 14.0. The Morgan fingerprint density at radius 2 is 1.65 bits per heavy atom. The minimum absolute atomic E-state index is 0.140. The minimum atomic E-state index is -4.74. The molecule has 1 atom stereocenters. The van der Waals surface area contributed by atoms with Crippen LogP contribution in [0.25, 0.3) is 11.3 Å². The Hall–Kier alpha value is -3.75. The number of pyridine rings is 1. The normalized spacial score (nSPS) is 12.3. The van der Waals surface area contributed by atoms with Gasteiger partial charge in [-0.2, -0.15) is 13.2 Å². The zero-order valence-electron chi connectivity index (χ0n) is 15.9. The summed E-state index contributed by atoms with van der Waals surface area (Å²) in [5, 5.41) is 11.5. The van der Waals surface area contributed by atoms with Crippen LogP contribution in [-0.2, 0) is 11.0 Å². The highest BCUT2D eigenvalue weighted by Gasteiger charge is 2.36. The number of carbonyl (C=O) groups excluding carboxylic acids is 1. The van der Waals surface area contributed by atoms with Crippen LogP contribution in [0.2, 0.25) is 0 Å². The lowest BCUT2D eigenvalue weighted by Gasteiger charge is -2.21. The molecule has 160 valence electrons. The molecule has 0 saturated heterocycles. The summed E-state index contributed by atoms with van der Waals surface area (Å²) in [7, 11) is 0. The predicted molar refractivity (Wildman–Crippen MR) is 104 cm³/mol. The van der Waals surface area contributed by atoms with Gasteiger partial charge in [-0.1, -0.05) is 36.4 Å². The number of carboxylic acids is 1. The first-order valence-electron chi connectivity index (χ1n) is 9.07. The molecule has 0 unspecified atom stereocenters. The van der Waals surface area contributed by atoms with Crippen LogP contribution in [-0.4, -0.2) is 22.0 Å². The van der Waals surface area contributed by atoms with E-state index in [9.17, 15) is 27.2 Å². The van der Waals surface area contributed by atoms with Gasteiger partial charge in [-0.15, -0.1) is 0 Å². The lowest BCUT2D eigenvalue weighted by Crippen LogP contribution is -2.32. The average Bonchev–Trinajstić information content (AvgIpc) is 2.73. The second-order valence-corrected chi connectivity index (χ2v) is 6.60.